The molecular formula is C12H20O3. The summed E-state index contributed by atoms with van der Waals surface area (Å²) in [5.41, 5.74) is 0.779. The molecule has 1 fully saturated rings. The highest BCUT2D eigenvalue weighted by Crippen LogP contribution is 2.25. The minimum absolute atomic E-state index is 0.332. The van der Waals surface area contributed by atoms with Crippen molar-refractivity contribution >= 4 is 5.97 Å². The van der Waals surface area contributed by atoms with Crippen molar-refractivity contribution in [3.63, 3.8) is 0 Å². The SMILES string of the molecule is CC(=CC(=O)O)COC1CCC(C)CC1. The lowest BCUT2D eigenvalue weighted by Crippen LogP contribution is -2.21. The summed E-state index contributed by atoms with van der Waals surface area (Å²) in [6, 6.07) is 0. The minimum Gasteiger partial charge on any atom is -0.478 e. The molecule has 1 saturated carbocycles. The monoisotopic (exact) mass is 212 g/mol. The van der Waals surface area contributed by atoms with Crippen molar-refractivity contribution in [1.29, 1.82) is 0 Å². The number of rotatable bonds is 4. The second-order valence-corrected chi connectivity index (χ2v) is 4.52. The zero-order valence-corrected chi connectivity index (χ0v) is 9.53. The zero-order chi connectivity index (χ0) is 11.3. The Bertz CT molecular complexity index is 237. The lowest BCUT2D eigenvalue weighted by molar-refractivity contribution is -0.131. The fourth-order valence-electron chi connectivity index (χ4n) is 1.90. The van der Waals surface area contributed by atoms with E-state index >= 15 is 0 Å². The molecule has 0 atom stereocenters. The van der Waals surface area contributed by atoms with Crippen LogP contribution in [0.2, 0.25) is 0 Å². The molecule has 86 valence electrons. The number of carboxylic acids is 1. The van der Waals surface area contributed by atoms with Gasteiger partial charge in [0.1, 0.15) is 0 Å². The Labute approximate surface area is 91.1 Å². The van der Waals surface area contributed by atoms with Crippen molar-refractivity contribution in [2.24, 2.45) is 5.92 Å². The van der Waals surface area contributed by atoms with Gasteiger partial charge in [-0.2, -0.15) is 0 Å². The lowest BCUT2D eigenvalue weighted by atomic mass is 9.89. The molecule has 1 rings (SSSR count). The summed E-state index contributed by atoms with van der Waals surface area (Å²) in [5.74, 6) is -0.0751. The molecule has 0 aromatic rings. The van der Waals surface area contributed by atoms with Gasteiger partial charge in [0.05, 0.1) is 12.7 Å². The zero-order valence-electron chi connectivity index (χ0n) is 9.53. The van der Waals surface area contributed by atoms with Crippen LogP contribution in [0.25, 0.3) is 0 Å². The normalized spacial score (nSPS) is 27.7. The van der Waals surface area contributed by atoms with Crippen molar-refractivity contribution in [3.05, 3.63) is 11.6 Å². The highest BCUT2D eigenvalue weighted by molar-refractivity contribution is 5.80. The Morgan fingerprint density at radius 1 is 1.40 bits per heavy atom. The van der Waals surface area contributed by atoms with Gasteiger partial charge in [-0.1, -0.05) is 6.92 Å². The summed E-state index contributed by atoms with van der Waals surface area (Å²) in [6.07, 6.45) is 6.23. The second-order valence-electron chi connectivity index (χ2n) is 4.52. The molecule has 1 aliphatic rings. The highest BCUT2D eigenvalue weighted by atomic mass is 16.5. The molecule has 0 bridgehead atoms. The summed E-state index contributed by atoms with van der Waals surface area (Å²) in [6.45, 7) is 4.51. The van der Waals surface area contributed by atoms with Crippen molar-refractivity contribution in [1.82, 2.24) is 0 Å². The van der Waals surface area contributed by atoms with Crippen molar-refractivity contribution < 1.29 is 14.6 Å². The van der Waals surface area contributed by atoms with E-state index in [9.17, 15) is 4.79 Å². The smallest absolute Gasteiger partial charge is 0.328 e. The van der Waals surface area contributed by atoms with Crippen LogP contribution in [-0.2, 0) is 9.53 Å². The first-order valence-corrected chi connectivity index (χ1v) is 5.59. The van der Waals surface area contributed by atoms with Gasteiger partial charge in [0.15, 0.2) is 0 Å². The second kappa shape index (κ2) is 5.91. The molecular weight excluding hydrogens is 192 g/mol. The molecule has 0 aromatic heterocycles. The van der Waals surface area contributed by atoms with Gasteiger partial charge in [0.25, 0.3) is 0 Å². The van der Waals surface area contributed by atoms with Crippen LogP contribution in [0.5, 0.6) is 0 Å². The predicted octanol–water partition coefficient (Wildman–Crippen LogP) is 2.61. The molecule has 0 aliphatic heterocycles. The third-order valence-electron chi connectivity index (χ3n) is 2.88. The predicted molar refractivity (Wildman–Crippen MR) is 58.8 cm³/mol. The average molecular weight is 212 g/mol. The van der Waals surface area contributed by atoms with E-state index in [-0.39, 0.29) is 0 Å². The maximum Gasteiger partial charge on any atom is 0.328 e. The third-order valence-corrected chi connectivity index (χ3v) is 2.88. The van der Waals surface area contributed by atoms with E-state index < -0.39 is 5.97 Å². The van der Waals surface area contributed by atoms with E-state index in [0.29, 0.717) is 12.7 Å². The summed E-state index contributed by atoms with van der Waals surface area (Å²) in [4.78, 5) is 10.4. The fourth-order valence-corrected chi connectivity index (χ4v) is 1.90. The van der Waals surface area contributed by atoms with E-state index in [1.165, 1.54) is 18.9 Å². The van der Waals surface area contributed by atoms with Crippen molar-refractivity contribution in [3.8, 4) is 0 Å². The number of aliphatic carboxylic acids is 1. The molecule has 1 N–H and O–H groups in total. The van der Waals surface area contributed by atoms with Crippen molar-refractivity contribution in [2.75, 3.05) is 6.61 Å². The quantitative estimate of drug-likeness (QED) is 0.729. The first-order valence-electron chi connectivity index (χ1n) is 5.59. The van der Waals surface area contributed by atoms with Gasteiger partial charge in [-0.05, 0) is 44.1 Å². The maximum absolute atomic E-state index is 10.4. The van der Waals surface area contributed by atoms with E-state index in [1.807, 2.05) is 0 Å². The minimum atomic E-state index is -0.895. The molecule has 0 aromatic carbocycles. The van der Waals surface area contributed by atoms with Gasteiger partial charge in [0, 0.05) is 6.08 Å². The Morgan fingerprint density at radius 3 is 2.53 bits per heavy atom. The molecule has 3 nitrogen and oxygen atoms in total. The molecule has 0 saturated heterocycles. The van der Waals surface area contributed by atoms with Crippen LogP contribution in [0.3, 0.4) is 0 Å². The summed E-state index contributed by atoms with van der Waals surface area (Å²) >= 11 is 0. The number of hydrogen-bond acceptors (Lipinski definition) is 2. The van der Waals surface area contributed by atoms with Crippen molar-refractivity contribution in [2.45, 2.75) is 45.6 Å². The molecule has 0 unspecified atom stereocenters. The maximum atomic E-state index is 10.4. The Hall–Kier alpha value is -0.830. The summed E-state index contributed by atoms with van der Waals surface area (Å²) < 4.78 is 5.66. The topological polar surface area (TPSA) is 46.5 Å². The Balaban J connectivity index is 2.23. The first-order chi connectivity index (χ1) is 7.08. The van der Waals surface area contributed by atoms with Crippen LogP contribution in [0.1, 0.15) is 39.5 Å². The molecule has 0 radical (unpaired) electrons. The van der Waals surface area contributed by atoms with Crippen LogP contribution in [-0.4, -0.2) is 23.8 Å². The number of ether oxygens (including phenoxy) is 1. The van der Waals surface area contributed by atoms with Gasteiger partial charge in [-0.3, -0.25) is 0 Å². The van der Waals surface area contributed by atoms with Crippen LogP contribution in [0, 0.1) is 5.92 Å². The number of carbonyl (C=O) groups is 1. The fraction of sp³-hybridized carbons (Fsp3) is 0.750. The Kier molecular flexibility index (Phi) is 4.82. The van der Waals surface area contributed by atoms with Gasteiger partial charge in [-0.25, -0.2) is 4.79 Å². The standard InChI is InChI=1S/C12H20O3/c1-9-3-5-11(6-4-9)15-8-10(2)7-12(13)14/h7,9,11H,3-6,8H2,1-2H3,(H,13,14). The largest absolute Gasteiger partial charge is 0.478 e. The number of carboxylic acid groups (broad SMARTS) is 1. The summed E-state index contributed by atoms with van der Waals surface area (Å²) in [7, 11) is 0. The molecule has 0 amide bonds. The van der Waals surface area contributed by atoms with Crippen LogP contribution < -0.4 is 0 Å². The molecule has 3 heteroatoms. The lowest BCUT2D eigenvalue weighted by Gasteiger charge is -2.26. The summed E-state index contributed by atoms with van der Waals surface area (Å²) in [5, 5.41) is 8.52. The highest BCUT2D eigenvalue weighted by Gasteiger charge is 2.18. The van der Waals surface area contributed by atoms with E-state index in [4.69, 9.17) is 9.84 Å². The third kappa shape index (κ3) is 4.98. The van der Waals surface area contributed by atoms with E-state index in [1.54, 1.807) is 6.92 Å². The first kappa shape index (κ1) is 12.2. The molecule has 0 spiro atoms. The molecule has 15 heavy (non-hydrogen) atoms. The Morgan fingerprint density at radius 2 is 2.00 bits per heavy atom. The number of hydrogen-bond donors (Lipinski definition) is 1. The van der Waals surface area contributed by atoms with Crippen LogP contribution >= 0.6 is 0 Å². The van der Waals surface area contributed by atoms with Crippen LogP contribution in [0.4, 0.5) is 0 Å². The van der Waals surface area contributed by atoms with Gasteiger partial charge >= 0.3 is 5.97 Å². The average Bonchev–Trinajstić information content (AvgIpc) is 2.16. The molecule has 1 aliphatic carbocycles. The van der Waals surface area contributed by atoms with Gasteiger partial charge in [-0.15, -0.1) is 0 Å². The van der Waals surface area contributed by atoms with Crippen LogP contribution in [0.15, 0.2) is 11.6 Å². The van der Waals surface area contributed by atoms with Gasteiger partial charge < -0.3 is 9.84 Å². The van der Waals surface area contributed by atoms with E-state index in [0.717, 1.165) is 24.3 Å². The molecule has 0 heterocycles. The van der Waals surface area contributed by atoms with Gasteiger partial charge in [0.2, 0.25) is 0 Å². The van der Waals surface area contributed by atoms with E-state index in [2.05, 4.69) is 6.92 Å².